The van der Waals surface area contributed by atoms with E-state index in [0.29, 0.717) is 28.6 Å². The average Bonchev–Trinajstić information content (AvgIpc) is 3.21. The van der Waals surface area contributed by atoms with Crippen molar-refractivity contribution in [3.8, 4) is 11.8 Å². The Labute approximate surface area is 170 Å². The van der Waals surface area contributed by atoms with Crippen molar-refractivity contribution in [2.24, 2.45) is 10.2 Å². The molecule has 0 aliphatic carbocycles. The first-order valence-electron chi connectivity index (χ1n) is 9.39. The van der Waals surface area contributed by atoms with Crippen molar-refractivity contribution in [2.45, 2.75) is 52.4 Å². The van der Waals surface area contributed by atoms with Gasteiger partial charge in [-0.05, 0) is 12.1 Å². The zero-order valence-electron chi connectivity index (χ0n) is 17.6. The van der Waals surface area contributed by atoms with E-state index in [1.165, 1.54) is 0 Å². The summed E-state index contributed by atoms with van der Waals surface area (Å²) in [6.07, 6.45) is 0. The third-order valence-electron chi connectivity index (χ3n) is 4.43. The number of nitriles is 1. The van der Waals surface area contributed by atoms with Gasteiger partial charge in [-0.1, -0.05) is 59.7 Å². The molecule has 0 saturated carbocycles. The summed E-state index contributed by atoms with van der Waals surface area (Å²) in [6, 6.07) is 11.8. The van der Waals surface area contributed by atoms with Crippen LogP contribution in [0.15, 0.2) is 40.6 Å². The molecule has 0 fully saturated rings. The largest absolute Gasteiger partial charge is 0.382 e. The molecule has 0 aliphatic rings. The van der Waals surface area contributed by atoms with E-state index in [-0.39, 0.29) is 10.8 Å². The lowest BCUT2D eigenvalue weighted by atomic mass is 9.90. The highest BCUT2D eigenvalue weighted by molar-refractivity contribution is 5.66. The smallest absolute Gasteiger partial charge is 0.188 e. The lowest BCUT2D eigenvalue weighted by Gasteiger charge is -2.15. The van der Waals surface area contributed by atoms with Gasteiger partial charge in [-0.3, -0.25) is 5.10 Å². The number of azo groups is 1. The molecule has 0 aliphatic heterocycles. The van der Waals surface area contributed by atoms with Crippen molar-refractivity contribution in [3.63, 3.8) is 0 Å². The number of para-hydroxylation sites is 1. The van der Waals surface area contributed by atoms with Gasteiger partial charge in [0, 0.05) is 10.8 Å². The Morgan fingerprint density at radius 2 is 1.62 bits per heavy atom. The van der Waals surface area contributed by atoms with Crippen LogP contribution in [0.2, 0.25) is 0 Å². The second-order valence-electron chi connectivity index (χ2n) is 8.94. The molecular weight excluding hydrogens is 364 g/mol. The van der Waals surface area contributed by atoms with Gasteiger partial charge >= 0.3 is 0 Å². The summed E-state index contributed by atoms with van der Waals surface area (Å²) < 4.78 is 1.66. The van der Waals surface area contributed by atoms with Gasteiger partial charge in [0.2, 0.25) is 0 Å². The molecule has 0 radical (unpaired) electrons. The number of benzene rings is 1. The van der Waals surface area contributed by atoms with E-state index in [0.717, 1.165) is 11.4 Å². The summed E-state index contributed by atoms with van der Waals surface area (Å²) in [5, 5.41) is 30.0. The predicted octanol–water partition coefficient (Wildman–Crippen LogP) is 5.06. The first kappa shape index (κ1) is 20.3. The number of aromatic amines is 1. The number of nitrogens with one attached hydrogen (secondary N) is 1. The van der Waals surface area contributed by atoms with Crippen LogP contribution in [0.5, 0.6) is 0 Å². The molecule has 0 spiro atoms. The molecule has 29 heavy (non-hydrogen) atoms. The van der Waals surface area contributed by atoms with Crippen LogP contribution < -0.4 is 5.73 Å². The summed E-state index contributed by atoms with van der Waals surface area (Å²) >= 11 is 0. The number of H-pyrrole nitrogens is 1. The van der Waals surface area contributed by atoms with Gasteiger partial charge in [0.05, 0.1) is 17.1 Å². The second kappa shape index (κ2) is 7.17. The Bertz CT molecular complexity index is 1080. The van der Waals surface area contributed by atoms with Crippen LogP contribution >= 0.6 is 0 Å². The van der Waals surface area contributed by atoms with Gasteiger partial charge in [-0.15, -0.1) is 10.2 Å². The van der Waals surface area contributed by atoms with E-state index in [9.17, 15) is 5.26 Å². The molecule has 1 aromatic carbocycles. The summed E-state index contributed by atoms with van der Waals surface area (Å²) in [6.45, 7) is 12.1. The third kappa shape index (κ3) is 3.90. The molecule has 0 unspecified atom stereocenters. The molecule has 3 rings (SSSR count). The molecule has 0 saturated heterocycles. The van der Waals surface area contributed by atoms with Gasteiger partial charge in [-0.25, -0.2) is 4.68 Å². The van der Waals surface area contributed by atoms with Gasteiger partial charge in [-0.2, -0.15) is 15.5 Å². The zero-order chi connectivity index (χ0) is 21.4. The molecule has 150 valence electrons. The minimum atomic E-state index is -0.300. The SMILES string of the molecule is CC(C)(C)c1n[nH]c(/N=N/c2c(C(C)(C)C)nn(-c3ccccc3)c2N)c1C#N. The van der Waals surface area contributed by atoms with Crippen LogP contribution in [-0.2, 0) is 10.8 Å². The number of hydrogen-bond acceptors (Lipinski definition) is 6. The van der Waals surface area contributed by atoms with E-state index in [1.807, 2.05) is 71.9 Å². The summed E-state index contributed by atoms with van der Waals surface area (Å²) in [5.41, 5.74) is 8.88. The van der Waals surface area contributed by atoms with Crippen molar-refractivity contribution in [1.29, 1.82) is 5.26 Å². The highest BCUT2D eigenvalue weighted by Gasteiger charge is 2.28. The monoisotopic (exact) mass is 390 g/mol. The highest BCUT2D eigenvalue weighted by Crippen LogP contribution is 2.38. The minimum absolute atomic E-state index is 0.289. The Balaban J connectivity index is 2.12. The number of aromatic nitrogens is 4. The number of anilines is 1. The normalized spacial score (nSPS) is 12.4. The maximum absolute atomic E-state index is 9.59. The number of nitrogens with zero attached hydrogens (tertiary/aromatic N) is 6. The molecular formula is C21H26N8. The maximum atomic E-state index is 9.59. The maximum Gasteiger partial charge on any atom is 0.188 e. The van der Waals surface area contributed by atoms with Gasteiger partial charge in [0.1, 0.15) is 11.6 Å². The van der Waals surface area contributed by atoms with Crippen LogP contribution in [0.4, 0.5) is 17.3 Å². The van der Waals surface area contributed by atoms with Gasteiger partial charge in [0.15, 0.2) is 17.3 Å². The van der Waals surface area contributed by atoms with Gasteiger partial charge in [0.25, 0.3) is 0 Å². The molecule has 8 heteroatoms. The second-order valence-corrected chi connectivity index (χ2v) is 8.94. The van der Waals surface area contributed by atoms with Crippen LogP contribution in [-0.4, -0.2) is 20.0 Å². The highest BCUT2D eigenvalue weighted by atomic mass is 15.3. The molecule has 0 atom stereocenters. The number of rotatable bonds is 3. The van der Waals surface area contributed by atoms with Gasteiger partial charge < -0.3 is 5.73 Å². The third-order valence-corrected chi connectivity index (χ3v) is 4.43. The Hall–Kier alpha value is -3.47. The fraction of sp³-hybridized carbons (Fsp3) is 0.381. The Morgan fingerprint density at radius 3 is 2.17 bits per heavy atom. The molecule has 2 aromatic heterocycles. The van der Waals surface area contributed by atoms with Crippen LogP contribution in [0.1, 0.15) is 58.5 Å². The van der Waals surface area contributed by atoms with E-state index in [1.54, 1.807) is 4.68 Å². The van der Waals surface area contributed by atoms with Crippen molar-refractivity contribution in [3.05, 3.63) is 47.3 Å². The molecule has 0 amide bonds. The molecule has 8 nitrogen and oxygen atoms in total. The first-order valence-corrected chi connectivity index (χ1v) is 9.39. The zero-order valence-corrected chi connectivity index (χ0v) is 17.6. The predicted molar refractivity (Wildman–Crippen MR) is 113 cm³/mol. The van der Waals surface area contributed by atoms with Crippen LogP contribution in [0.3, 0.4) is 0 Å². The van der Waals surface area contributed by atoms with E-state index in [2.05, 4.69) is 26.5 Å². The average molecular weight is 390 g/mol. The lowest BCUT2D eigenvalue weighted by Crippen LogP contribution is -2.13. The number of nitrogens with two attached hydrogens (primary N) is 1. The van der Waals surface area contributed by atoms with Crippen LogP contribution in [0.25, 0.3) is 5.69 Å². The topological polar surface area (TPSA) is 121 Å². The van der Waals surface area contributed by atoms with Crippen molar-refractivity contribution in [2.75, 3.05) is 5.73 Å². The fourth-order valence-electron chi connectivity index (χ4n) is 2.95. The molecule has 2 heterocycles. The quantitative estimate of drug-likeness (QED) is 0.607. The number of hydrogen-bond donors (Lipinski definition) is 2. The Morgan fingerprint density at radius 1 is 1.00 bits per heavy atom. The molecule has 3 aromatic rings. The summed E-state index contributed by atoms with van der Waals surface area (Å²) in [5.74, 6) is 0.697. The Kier molecular flexibility index (Phi) is 5.01. The van der Waals surface area contributed by atoms with Crippen molar-refractivity contribution < 1.29 is 0 Å². The number of nitrogen functional groups attached to an aromatic ring is 1. The van der Waals surface area contributed by atoms with E-state index >= 15 is 0 Å². The van der Waals surface area contributed by atoms with E-state index in [4.69, 9.17) is 10.8 Å². The van der Waals surface area contributed by atoms with Crippen LogP contribution in [0, 0.1) is 11.3 Å². The first-order chi connectivity index (χ1) is 13.5. The molecule has 3 N–H and O–H groups in total. The summed E-state index contributed by atoms with van der Waals surface area (Å²) in [7, 11) is 0. The van der Waals surface area contributed by atoms with Crippen molar-refractivity contribution in [1.82, 2.24) is 20.0 Å². The lowest BCUT2D eigenvalue weighted by molar-refractivity contribution is 0.561. The summed E-state index contributed by atoms with van der Waals surface area (Å²) in [4.78, 5) is 0. The van der Waals surface area contributed by atoms with E-state index < -0.39 is 0 Å². The van der Waals surface area contributed by atoms with Crippen molar-refractivity contribution >= 4 is 17.3 Å². The standard InChI is InChI=1S/C21H26N8/c1-20(2,3)16-14(12-22)19(27-25-16)26-24-15-17(21(4,5)6)28-29(18(15)23)13-10-8-7-9-11-13/h7-11H,23H2,1-6H3,(H,25,27)/b26-24+. The fourth-order valence-corrected chi connectivity index (χ4v) is 2.95. The minimum Gasteiger partial charge on any atom is -0.382 e. The molecule has 0 bridgehead atoms.